The minimum absolute atomic E-state index is 0.0779. The van der Waals surface area contributed by atoms with E-state index in [1.807, 2.05) is 0 Å². The first-order valence-corrected chi connectivity index (χ1v) is 14.1. The fourth-order valence-corrected chi connectivity index (χ4v) is 3.97. The van der Waals surface area contributed by atoms with E-state index in [-0.39, 0.29) is 37.1 Å². The Hall–Kier alpha value is -1.63. The molecule has 0 saturated carbocycles. The van der Waals surface area contributed by atoms with Gasteiger partial charge in [-0.25, -0.2) is 0 Å². The fraction of sp³-hybridized carbons (Fsp3) is 0.889. The average Bonchev–Trinajstić information content (AvgIpc) is 2.84. The molecule has 0 unspecified atom stereocenters. The van der Waals surface area contributed by atoms with Crippen molar-refractivity contribution < 1.29 is 14.4 Å². The molecule has 0 saturated heterocycles. The molecule has 34 heavy (non-hydrogen) atoms. The van der Waals surface area contributed by atoms with Gasteiger partial charge in [0.25, 0.3) is 0 Å². The van der Waals surface area contributed by atoms with Crippen molar-refractivity contribution in [1.29, 1.82) is 0 Å². The third-order valence-corrected chi connectivity index (χ3v) is 6.18. The van der Waals surface area contributed by atoms with Crippen molar-refractivity contribution in [1.82, 2.24) is 16.0 Å². The molecular weight excluding hydrogens is 428 g/mol. The molecule has 200 valence electrons. The van der Waals surface area contributed by atoms with Crippen LogP contribution in [0, 0.1) is 0 Å². The Balaban J connectivity index is 4.02. The summed E-state index contributed by atoms with van der Waals surface area (Å²) in [6.45, 7) is 5.52. The highest BCUT2D eigenvalue weighted by Crippen LogP contribution is 2.09. The maximum absolute atomic E-state index is 12.5. The molecule has 0 aliphatic carbocycles. The van der Waals surface area contributed by atoms with Crippen LogP contribution in [0.1, 0.15) is 129 Å². The van der Waals surface area contributed by atoms with E-state index in [2.05, 4.69) is 29.8 Å². The molecule has 0 aromatic rings. The van der Waals surface area contributed by atoms with E-state index in [0.717, 1.165) is 25.7 Å². The van der Waals surface area contributed by atoms with E-state index >= 15 is 0 Å². The Bertz CT molecular complexity index is 514. The van der Waals surface area contributed by atoms with E-state index in [0.29, 0.717) is 13.1 Å². The summed E-state index contributed by atoms with van der Waals surface area (Å²) in [6, 6.07) is -0.723. The molecule has 0 fully saturated rings. The van der Waals surface area contributed by atoms with Gasteiger partial charge in [0, 0.05) is 19.5 Å². The molecule has 1 atom stereocenters. The maximum atomic E-state index is 12.5. The predicted molar refractivity (Wildman–Crippen MR) is 141 cm³/mol. The minimum atomic E-state index is -0.723. The number of carbonyl (C=O) groups excluding carboxylic acids is 3. The molecule has 0 aromatic carbocycles. The van der Waals surface area contributed by atoms with Gasteiger partial charge in [-0.3, -0.25) is 14.4 Å². The van der Waals surface area contributed by atoms with Gasteiger partial charge in [-0.1, -0.05) is 104 Å². The molecule has 3 amide bonds. The summed E-state index contributed by atoms with van der Waals surface area (Å²) in [6.07, 6.45) is 19.9. The molecule has 0 aromatic heterocycles. The summed E-state index contributed by atoms with van der Waals surface area (Å²) in [5.41, 5.74) is 5.39. The summed E-state index contributed by atoms with van der Waals surface area (Å²) < 4.78 is 0. The fourth-order valence-electron chi connectivity index (χ4n) is 3.97. The second kappa shape index (κ2) is 24.5. The second-order valence-corrected chi connectivity index (χ2v) is 9.45. The number of rotatable bonds is 24. The van der Waals surface area contributed by atoms with Crippen molar-refractivity contribution in [2.45, 2.75) is 135 Å². The Kier molecular flexibility index (Phi) is 23.3. The molecular formula is C27H54N4O3. The van der Waals surface area contributed by atoms with Gasteiger partial charge in [0.15, 0.2) is 0 Å². The summed E-state index contributed by atoms with van der Waals surface area (Å²) >= 11 is 0. The summed E-state index contributed by atoms with van der Waals surface area (Å²) in [7, 11) is 0. The lowest BCUT2D eigenvalue weighted by atomic mass is 10.1. The van der Waals surface area contributed by atoms with Gasteiger partial charge >= 0.3 is 0 Å². The zero-order chi connectivity index (χ0) is 25.3. The van der Waals surface area contributed by atoms with Crippen LogP contribution in [0.15, 0.2) is 0 Å². The first-order valence-electron chi connectivity index (χ1n) is 14.1. The number of unbranched alkanes of at least 4 members (excludes halogenated alkanes) is 14. The number of carbonyl (C=O) groups is 3. The van der Waals surface area contributed by atoms with Crippen molar-refractivity contribution in [2.24, 2.45) is 5.73 Å². The highest BCUT2D eigenvalue weighted by molar-refractivity contribution is 5.88. The third-order valence-electron chi connectivity index (χ3n) is 6.18. The van der Waals surface area contributed by atoms with Gasteiger partial charge in [0.1, 0.15) is 6.04 Å². The lowest BCUT2D eigenvalue weighted by Crippen LogP contribution is -2.49. The van der Waals surface area contributed by atoms with Gasteiger partial charge in [0.05, 0.1) is 6.54 Å². The van der Waals surface area contributed by atoms with E-state index in [1.54, 1.807) is 0 Å². The van der Waals surface area contributed by atoms with E-state index in [4.69, 9.17) is 5.73 Å². The first kappa shape index (κ1) is 32.4. The van der Waals surface area contributed by atoms with Crippen LogP contribution in [0.3, 0.4) is 0 Å². The highest BCUT2D eigenvalue weighted by Gasteiger charge is 2.21. The zero-order valence-electron chi connectivity index (χ0n) is 22.2. The SMILES string of the molecule is CCCCCCCCCCNC(=O)CC[C@@H](NC(=O)CN)C(=O)NCCCCCCCCCC. The predicted octanol–water partition coefficient (Wildman–Crippen LogP) is 4.72. The van der Waals surface area contributed by atoms with Gasteiger partial charge in [-0.15, -0.1) is 0 Å². The van der Waals surface area contributed by atoms with Crippen molar-refractivity contribution in [3.05, 3.63) is 0 Å². The summed E-state index contributed by atoms with van der Waals surface area (Å²) in [5.74, 6) is -0.696. The lowest BCUT2D eigenvalue weighted by molar-refractivity contribution is -0.129. The van der Waals surface area contributed by atoms with Gasteiger partial charge in [-0.2, -0.15) is 0 Å². The van der Waals surface area contributed by atoms with Crippen LogP contribution in [-0.4, -0.2) is 43.4 Å². The third kappa shape index (κ3) is 20.9. The molecule has 7 heteroatoms. The number of hydrogen-bond acceptors (Lipinski definition) is 4. The summed E-state index contributed by atoms with van der Waals surface area (Å²) in [4.78, 5) is 36.5. The quantitative estimate of drug-likeness (QED) is 0.149. The van der Waals surface area contributed by atoms with Crippen LogP contribution in [0.2, 0.25) is 0 Å². The maximum Gasteiger partial charge on any atom is 0.242 e. The molecule has 0 heterocycles. The Labute approximate surface area is 209 Å². The number of hydrogen-bond donors (Lipinski definition) is 4. The van der Waals surface area contributed by atoms with Crippen molar-refractivity contribution in [2.75, 3.05) is 19.6 Å². The average molecular weight is 483 g/mol. The highest BCUT2D eigenvalue weighted by atomic mass is 16.2. The van der Waals surface area contributed by atoms with E-state index in [1.165, 1.54) is 77.0 Å². The van der Waals surface area contributed by atoms with Crippen LogP contribution in [0.4, 0.5) is 0 Å². The van der Waals surface area contributed by atoms with E-state index in [9.17, 15) is 14.4 Å². The standard InChI is InChI=1S/C27H54N4O3/c1-3-5-7-9-11-13-15-17-21-29-25(32)20-19-24(31-26(33)23-28)27(34)30-22-18-16-14-12-10-8-6-4-2/h24H,3-23,28H2,1-2H3,(H,29,32)(H,30,34)(H,31,33)/t24-/m1/s1. The minimum Gasteiger partial charge on any atom is -0.356 e. The number of nitrogens with one attached hydrogen (secondary N) is 3. The van der Waals surface area contributed by atoms with Gasteiger partial charge in [0.2, 0.25) is 17.7 Å². The smallest absolute Gasteiger partial charge is 0.242 e. The Morgan fingerprint density at radius 2 is 1.06 bits per heavy atom. The van der Waals surface area contributed by atoms with Crippen LogP contribution < -0.4 is 21.7 Å². The number of amides is 3. The lowest BCUT2D eigenvalue weighted by Gasteiger charge is -2.18. The molecule has 0 spiro atoms. The molecule has 0 aliphatic heterocycles. The topological polar surface area (TPSA) is 113 Å². The van der Waals surface area contributed by atoms with Gasteiger partial charge in [-0.05, 0) is 19.3 Å². The van der Waals surface area contributed by atoms with Crippen LogP contribution >= 0.6 is 0 Å². The number of nitrogens with two attached hydrogens (primary N) is 1. The van der Waals surface area contributed by atoms with Crippen LogP contribution in [0.25, 0.3) is 0 Å². The van der Waals surface area contributed by atoms with Crippen molar-refractivity contribution >= 4 is 17.7 Å². The molecule has 0 aliphatic rings. The molecule has 0 rings (SSSR count). The van der Waals surface area contributed by atoms with E-state index < -0.39 is 6.04 Å². The van der Waals surface area contributed by atoms with Crippen LogP contribution in [-0.2, 0) is 14.4 Å². The molecule has 0 radical (unpaired) electrons. The second-order valence-electron chi connectivity index (χ2n) is 9.45. The Morgan fingerprint density at radius 1 is 0.618 bits per heavy atom. The van der Waals surface area contributed by atoms with Gasteiger partial charge < -0.3 is 21.7 Å². The Morgan fingerprint density at radius 3 is 1.53 bits per heavy atom. The molecule has 7 nitrogen and oxygen atoms in total. The monoisotopic (exact) mass is 482 g/mol. The van der Waals surface area contributed by atoms with Crippen LogP contribution in [0.5, 0.6) is 0 Å². The normalized spacial score (nSPS) is 11.7. The van der Waals surface area contributed by atoms with Crippen molar-refractivity contribution in [3.63, 3.8) is 0 Å². The summed E-state index contributed by atoms with van der Waals surface area (Å²) in [5, 5.41) is 8.49. The zero-order valence-corrected chi connectivity index (χ0v) is 22.2. The van der Waals surface area contributed by atoms with Crippen molar-refractivity contribution in [3.8, 4) is 0 Å². The largest absolute Gasteiger partial charge is 0.356 e. The first-order chi connectivity index (χ1) is 16.5. The molecule has 5 N–H and O–H groups in total. The molecule has 0 bridgehead atoms.